The number of hydrogen-bond donors (Lipinski definition) is 0. The van der Waals surface area contributed by atoms with E-state index in [0.717, 1.165) is 5.39 Å². The van der Waals surface area contributed by atoms with Gasteiger partial charge in [0.2, 0.25) is 5.88 Å². The van der Waals surface area contributed by atoms with Crippen LogP contribution < -0.4 is 4.74 Å². The second-order valence-electron chi connectivity index (χ2n) is 4.37. The molecule has 0 unspecified atom stereocenters. The number of pyridine rings is 1. The zero-order valence-corrected chi connectivity index (χ0v) is 12.3. The van der Waals surface area contributed by atoms with Gasteiger partial charge in [0.1, 0.15) is 0 Å². The number of benzene rings is 2. The molecule has 3 rings (SSSR count). The van der Waals surface area contributed by atoms with E-state index in [4.69, 9.17) is 4.74 Å². The summed E-state index contributed by atoms with van der Waals surface area (Å²) in [6.07, 6.45) is 0.644. The predicted octanol–water partition coefficient (Wildman–Crippen LogP) is 4.74. The smallest absolute Gasteiger partial charge is 0.230 e. The summed E-state index contributed by atoms with van der Waals surface area (Å²) in [5, 5.41) is 0.821. The Hall–Kier alpha value is -2.27. The van der Waals surface area contributed by atoms with E-state index in [1.54, 1.807) is 18.2 Å². The fourth-order valence-corrected chi connectivity index (χ4v) is 2.28. The molecule has 0 fully saturated rings. The molecule has 0 spiro atoms. The summed E-state index contributed by atoms with van der Waals surface area (Å²) < 4.78 is 19.9. The fourth-order valence-electron chi connectivity index (χ4n) is 1.94. The molecule has 3 aromatic rings. The highest BCUT2D eigenvalue weighted by atomic mass is 79.9. The Bertz CT molecular complexity index is 836. The lowest BCUT2D eigenvalue weighted by molar-refractivity contribution is 0.112. The van der Waals surface area contributed by atoms with E-state index < -0.39 is 5.82 Å². The lowest BCUT2D eigenvalue weighted by atomic mass is 10.1. The van der Waals surface area contributed by atoms with Crippen molar-refractivity contribution in [2.24, 2.45) is 0 Å². The van der Waals surface area contributed by atoms with Crippen LogP contribution >= 0.6 is 15.9 Å². The average molecular weight is 346 g/mol. The molecule has 0 N–H and O–H groups in total. The Morgan fingerprint density at radius 3 is 2.76 bits per heavy atom. The van der Waals surface area contributed by atoms with Crippen molar-refractivity contribution in [3.8, 4) is 11.6 Å². The van der Waals surface area contributed by atoms with Crippen LogP contribution in [0.2, 0.25) is 0 Å². The van der Waals surface area contributed by atoms with Gasteiger partial charge in [-0.05, 0) is 30.3 Å². The monoisotopic (exact) mass is 345 g/mol. The highest BCUT2D eigenvalue weighted by molar-refractivity contribution is 9.10. The SMILES string of the molecule is O=Cc1cc2ccccc2nc1Oc1cc(Br)ccc1F. The van der Waals surface area contributed by atoms with Gasteiger partial charge in [-0.15, -0.1) is 0 Å². The Labute approximate surface area is 128 Å². The van der Waals surface area contributed by atoms with Gasteiger partial charge >= 0.3 is 0 Å². The summed E-state index contributed by atoms with van der Waals surface area (Å²) in [6, 6.07) is 13.3. The van der Waals surface area contributed by atoms with Crippen molar-refractivity contribution >= 4 is 33.1 Å². The highest BCUT2D eigenvalue weighted by Gasteiger charge is 2.12. The maximum Gasteiger partial charge on any atom is 0.230 e. The highest BCUT2D eigenvalue weighted by Crippen LogP contribution is 2.29. The third kappa shape index (κ3) is 2.78. The van der Waals surface area contributed by atoms with Gasteiger partial charge in [0.15, 0.2) is 17.9 Å². The van der Waals surface area contributed by atoms with E-state index >= 15 is 0 Å². The molecular weight excluding hydrogens is 337 g/mol. The number of aldehydes is 1. The molecule has 21 heavy (non-hydrogen) atoms. The van der Waals surface area contributed by atoms with E-state index in [9.17, 15) is 9.18 Å². The molecule has 1 aromatic heterocycles. The van der Waals surface area contributed by atoms with E-state index in [0.29, 0.717) is 16.3 Å². The van der Waals surface area contributed by atoms with Crippen LogP contribution in [0.4, 0.5) is 4.39 Å². The zero-order chi connectivity index (χ0) is 14.8. The second kappa shape index (κ2) is 5.61. The summed E-state index contributed by atoms with van der Waals surface area (Å²) in [4.78, 5) is 15.5. The van der Waals surface area contributed by atoms with E-state index in [1.165, 1.54) is 12.1 Å². The van der Waals surface area contributed by atoms with Gasteiger partial charge in [-0.3, -0.25) is 4.79 Å². The van der Waals surface area contributed by atoms with E-state index in [1.807, 2.05) is 18.2 Å². The van der Waals surface area contributed by atoms with E-state index in [2.05, 4.69) is 20.9 Å². The van der Waals surface area contributed by atoms with Crippen molar-refractivity contribution < 1.29 is 13.9 Å². The maximum atomic E-state index is 13.7. The molecule has 0 aliphatic rings. The summed E-state index contributed by atoms with van der Waals surface area (Å²) in [7, 11) is 0. The van der Waals surface area contributed by atoms with E-state index in [-0.39, 0.29) is 17.2 Å². The normalized spacial score (nSPS) is 10.6. The molecule has 3 nitrogen and oxygen atoms in total. The van der Waals surface area contributed by atoms with Gasteiger partial charge in [-0.2, -0.15) is 0 Å². The number of halogens is 2. The predicted molar refractivity (Wildman–Crippen MR) is 81.3 cm³/mol. The minimum Gasteiger partial charge on any atom is -0.435 e. The Kier molecular flexibility index (Phi) is 3.66. The number of rotatable bonds is 3. The number of carbonyl (C=O) groups is 1. The molecule has 104 valence electrons. The first kappa shape index (κ1) is 13.7. The number of carbonyl (C=O) groups excluding carboxylic acids is 1. The molecule has 0 saturated heterocycles. The summed E-state index contributed by atoms with van der Waals surface area (Å²) in [6.45, 7) is 0. The van der Waals surface area contributed by atoms with Crippen molar-refractivity contribution in [1.82, 2.24) is 4.98 Å². The molecule has 0 atom stereocenters. The Balaban J connectivity index is 2.10. The third-order valence-electron chi connectivity index (χ3n) is 2.94. The lowest BCUT2D eigenvalue weighted by Crippen LogP contribution is -1.96. The number of hydrogen-bond acceptors (Lipinski definition) is 3. The van der Waals surface area contributed by atoms with Crippen molar-refractivity contribution in [1.29, 1.82) is 0 Å². The maximum absolute atomic E-state index is 13.7. The van der Waals surface area contributed by atoms with Gasteiger partial charge in [0.05, 0.1) is 11.1 Å². The first-order valence-electron chi connectivity index (χ1n) is 6.15. The van der Waals surface area contributed by atoms with Crippen LogP contribution in [0.15, 0.2) is 53.0 Å². The first-order chi connectivity index (χ1) is 10.2. The van der Waals surface area contributed by atoms with Crippen LogP contribution in [-0.4, -0.2) is 11.3 Å². The molecule has 1 heterocycles. The van der Waals surface area contributed by atoms with Crippen LogP contribution in [0.5, 0.6) is 11.6 Å². The Morgan fingerprint density at radius 2 is 1.95 bits per heavy atom. The molecule has 0 amide bonds. The van der Waals surface area contributed by atoms with Gasteiger partial charge in [0.25, 0.3) is 0 Å². The molecule has 5 heteroatoms. The first-order valence-corrected chi connectivity index (χ1v) is 6.94. The van der Waals surface area contributed by atoms with Gasteiger partial charge in [0, 0.05) is 9.86 Å². The number of ether oxygens (including phenoxy) is 1. The lowest BCUT2D eigenvalue weighted by Gasteiger charge is -2.09. The number of nitrogens with zero attached hydrogens (tertiary/aromatic N) is 1. The Morgan fingerprint density at radius 1 is 1.14 bits per heavy atom. The number of fused-ring (bicyclic) bond motifs is 1. The van der Waals surface area contributed by atoms with Crippen LogP contribution in [0.25, 0.3) is 10.9 Å². The van der Waals surface area contributed by atoms with Crippen LogP contribution in [0, 0.1) is 5.82 Å². The minimum atomic E-state index is -0.523. The van der Waals surface area contributed by atoms with Crippen molar-refractivity contribution in [2.75, 3.05) is 0 Å². The third-order valence-corrected chi connectivity index (χ3v) is 3.44. The van der Waals surface area contributed by atoms with Gasteiger partial charge in [-0.25, -0.2) is 9.37 Å². The largest absolute Gasteiger partial charge is 0.435 e. The molecular formula is C16H9BrFNO2. The van der Waals surface area contributed by atoms with Gasteiger partial charge in [-0.1, -0.05) is 34.1 Å². The van der Waals surface area contributed by atoms with Gasteiger partial charge < -0.3 is 4.74 Å². The standard InChI is InChI=1S/C16H9BrFNO2/c17-12-5-6-13(18)15(8-12)21-16-11(9-20)7-10-3-1-2-4-14(10)19-16/h1-9H. The summed E-state index contributed by atoms with van der Waals surface area (Å²) in [5.74, 6) is -0.430. The fraction of sp³-hybridized carbons (Fsp3) is 0. The molecule has 0 aliphatic heterocycles. The van der Waals surface area contributed by atoms with Crippen LogP contribution in [-0.2, 0) is 0 Å². The van der Waals surface area contributed by atoms with Crippen LogP contribution in [0.1, 0.15) is 10.4 Å². The number of aromatic nitrogens is 1. The quantitative estimate of drug-likeness (QED) is 0.643. The number of para-hydroxylation sites is 1. The van der Waals surface area contributed by atoms with Crippen LogP contribution in [0.3, 0.4) is 0 Å². The minimum absolute atomic E-state index is 0.00950. The molecule has 0 bridgehead atoms. The molecule has 0 radical (unpaired) electrons. The summed E-state index contributed by atoms with van der Waals surface area (Å²) >= 11 is 3.25. The average Bonchev–Trinajstić information content (AvgIpc) is 2.50. The molecule has 0 aliphatic carbocycles. The zero-order valence-electron chi connectivity index (χ0n) is 10.7. The van der Waals surface area contributed by atoms with Crippen molar-refractivity contribution in [3.05, 3.63) is 64.4 Å². The molecule has 0 saturated carbocycles. The molecule has 2 aromatic carbocycles. The topological polar surface area (TPSA) is 39.2 Å². The van der Waals surface area contributed by atoms with Crippen molar-refractivity contribution in [3.63, 3.8) is 0 Å². The second-order valence-corrected chi connectivity index (χ2v) is 5.29. The summed E-state index contributed by atoms with van der Waals surface area (Å²) in [5.41, 5.74) is 0.946. The van der Waals surface area contributed by atoms with Crippen molar-refractivity contribution in [2.45, 2.75) is 0 Å².